The highest BCUT2D eigenvalue weighted by Crippen LogP contribution is 2.24. The minimum atomic E-state index is -0.825. The number of carbonyl (C=O) groups is 2. The summed E-state index contributed by atoms with van der Waals surface area (Å²) in [5, 5.41) is 11.9. The zero-order valence-corrected chi connectivity index (χ0v) is 16.2. The zero-order chi connectivity index (χ0) is 19.9. The lowest BCUT2D eigenvalue weighted by Gasteiger charge is -2.37. The average molecular weight is 381 g/mol. The summed E-state index contributed by atoms with van der Waals surface area (Å²) >= 11 is 0. The molecule has 2 aromatic carbocycles. The number of rotatable bonds is 7. The Morgan fingerprint density at radius 3 is 2.43 bits per heavy atom. The highest BCUT2D eigenvalue weighted by Gasteiger charge is 2.29. The van der Waals surface area contributed by atoms with Crippen molar-refractivity contribution in [2.75, 3.05) is 38.5 Å². The van der Waals surface area contributed by atoms with E-state index in [1.165, 1.54) is 0 Å². The smallest absolute Gasteiger partial charge is 0.303 e. The van der Waals surface area contributed by atoms with Crippen LogP contribution in [0, 0.1) is 0 Å². The van der Waals surface area contributed by atoms with E-state index < -0.39 is 5.97 Å². The first-order valence-corrected chi connectivity index (χ1v) is 9.62. The Morgan fingerprint density at radius 2 is 1.75 bits per heavy atom. The molecule has 28 heavy (non-hydrogen) atoms. The van der Waals surface area contributed by atoms with Crippen molar-refractivity contribution < 1.29 is 14.7 Å². The quantitative estimate of drug-likeness (QED) is 0.771. The Labute approximate surface area is 165 Å². The second kappa shape index (κ2) is 9.48. The number of benzene rings is 2. The van der Waals surface area contributed by atoms with Crippen molar-refractivity contribution in [2.24, 2.45) is 0 Å². The fraction of sp³-hybridized carbons (Fsp3) is 0.364. The van der Waals surface area contributed by atoms with Crippen molar-refractivity contribution in [2.45, 2.75) is 18.9 Å². The molecule has 1 atom stereocenters. The maximum atomic E-state index is 13.2. The van der Waals surface area contributed by atoms with Crippen LogP contribution in [0.5, 0.6) is 0 Å². The molecule has 1 amide bonds. The lowest BCUT2D eigenvalue weighted by molar-refractivity contribution is -0.137. The van der Waals surface area contributed by atoms with Gasteiger partial charge in [-0.25, -0.2) is 0 Å². The van der Waals surface area contributed by atoms with Gasteiger partial charge in [-0.05, 0) is 36.7 Å². The van der Waals surface area contributed by atoms with E-state index in [1.807, 2.05) is 54.6 Å². The van der Waals surface area contributed by atoms with E-state index in [2.05, 4.69) is 22.2 Å². The largest absolute Gasteiger partial charge is 0.481 e. The summed E-state index contributed by atoms with van der Waals surface area (Å²) in [5.74, 6) is -0.889. The van der Waals surface area contributed by atoms with E-state index in [4.69, 9.17) is 5.11 Å². The van der Waals surface area contributed by atoms with Gasteiger partial charge in [0, 0.05) is 38.3 Å². The van der Waals surface area contributed by atoms with Crippen LogP contribution in [0.1, 0.15) is 23.6 Å². The molecule has 0 bridgehead atoms. The Balaban J connectivity index is 1.76. The Morgan fingerprint density at radius 1 is 1.04 bits per heavy atom. The lowest BCUT2D eigenvalue weighted by atomic mass is 10.0. The van der Waals surface area contributed by atoms with E-state index in [0.29, 0.717) is 12.1 Å². The van der Waals surface area contributed by atoms with E-state index >= 15 is 0 Å². The van der Waals surface area contributed by atoms with Crippen molar-refractivity contribution >= 4 is 17.6 Å². The van der Waals surface area contributed by atoms with Gasteiger partial charge in [0.05, 0.1) is 0 Å². The Kier molecular flexibility index (Phi) is 6.79. The number of amides is 1. The van der Waals surface area contributed by atoms with E-state index in [0.717, 1.165) is 37.3 Å². The molecule has 1 aliphatic rings. The number of piperazine rings is 1. The van der Waals surface area contributed by atoms with Crippen LogP contribution in [-0.2, 0) is 16.0 Å². The number of hydrogen-bond donors (Lipinski definition) is 2. The third-order valence-electron chi connectivity index (χ3n) is 5.09. The first kappa shape index (κ1) is 20.0. The minimum absolute atomic E-state index is 0.0638. The molecule has 0 aliphatic carbocycles. The molecule has 3 rings (SSSR count). The molecule has 0 radical (unpaired) electrons. The van der Waals surface area contributed by atoms with Crippen LogP contribution in [0.4, 0.5) is 5.69 Å². The molecule has 2 aromatic rings. The first-order valence-electron chi connectivity index (χ1n) is 9.62. The lowest BCUT2D eigenvalue weighted by Crippen LogP contribution is -2.48. The second-order valence-corrected chi connectivity index (χ2v) is 7.24. The molecule has 1 aliphatic heterocycles. The molecule has 6 heteroatoms. The summed E-state index contributed by atoms with van der Waals surface area (Å²) in [7, 11) is 2.09. The number of carboxylic acids is 1. The topological polar surface area (TPSA) is 72.9 Å². The minimum Gasteiger partial charge on any atom is -0.481 e. The zero-order valence-electron chi connectivity index (χ0n) is 16.2. The molecular formula is C22H27N3O3. The predicted molar refractivity (Wildman–Crippen MR) is 109 cm³/mol. The van der Waals surface area contributed by atoms with Crippen molar-refractivity contribution in [3.63, 3.8) is 0 Å². The average Bonchev–Trinajstić information content (AvgIpc) is 2.69. The van der Waals surface area contributed by atoms with Gasteiger partial charge >= 0.3 is 5.97 Å². The number of hydrogen-bond acceptors (Lipinski definition) is 4. The molecule has 1 saturated heterocycles. The van der Waals surface area contributed by atoms with Crippen molar-refractivity contribution in [1.82, 2.24) is 9.80 Å². The number of anilines is 1. The molecule has 0 saturated carbocycles. The monoisotopic (exact) mass is 381 g/mol. The van der Waals surface area contributed by atoms with Crippen LogP contribution < -0.4 is 5.32 Å². The van der Waals surface area contributed by atoms with Crippen LogP contribution in [0.2, 0.25) is 0 Å². The number of carbonyl (C=O) groups excluding carboxylic acids is 1. The van der Waals surface area contributed by atoms with Gasteiger partial charge in [-0.15, -0.1) is 0 Å². The molecule has 1 unspecified atom stereocenters. The molecule has 148 valence electrons. The Bertz CT molecular complexity index is 802. The molecule has 0 spiro atoms. The molecule has 0 aromatic heterocycles. The van der Waals surface area contributed by atoms with Gasteiger partial charge in [-0.3, -0.25) is 14.5 Å². The van der Waals surface area contributed by atoms with Crippen LogP contribution in [0.3, 0.4) is 0 Å². The number of aliphatic carboxylic acids is 1. The maximum absolute atomic E-state index is 13.2. The maximum Gasteiger partial charge on any atom is 0.303 e. The van der Waals surface area contributed by atoms with E-state index in [9.17, 15) is 9.59 Å². The standard InChI is InChI=1S/C22H27N3O3/c1-24-12-14-25(15-13-24)21(18-7-3-2-4-8-18)22(28)23-19-9-5-6-17(16-19)10-11-20(26)27/h2-9,16,21H,10-15H2,1H3,(H,23,28)(H,26,27). The number of nitrogens with one attached hydrogen (secondary N) is 1. The molecule has 2 N–H and O–H groups in total. The van der Waals surface area contributed by atoms with Gasteiger partial charge in [0.1, 0.15) is 6.04 Å². The first-order chi connectivity index (χ1) is 13.5. The van der Waals surface area contributed by atoms with Crippen molar-refractivity contribution in [3.8, 4) is 0 Å². The van der Waals surface area contributed by atoms with Gasteiger partial charge in [0.25, 0.3) is 0 Å². The van der Waals surface area contributed by atoms with Gasteiger partial charge in [0.15, 0.2) is 0 Å². The summed E-state index contributed by atoms with van der Waals surface area (Å²) in [6.07, 6.45) is 0.519. The summed E-state index contributed by atoms with van der Waals surface area (Å²) in [5.41, 5.74) is 2.57. The van der Waals surface area contributed by atoms with Gasteiger partial charge in [-0.2, -0.15) is 0 Å². The summed E-state index contributed by atoms with van der Waals surface area (Å²) < 4.78 is 0. The van der Waals surface area contributed by atoms with Crippen molar-refractivity contribution in [1.29, 1.82) is 0 Å². The third-order valence-corrected chi connectivity index (χ3v) is 5.09. The number of carboxylic acid groups (broad SMARTS) is 1. The SMILES string of the molecule is CN1CCN(C(C(=O)Nc2cccc(CCC(=O)O)c2)c2ccccc2)CC1. The molecule has 1 fully saturated rings. The van der Waals surface area contributed by atoms with Gasteiger partial charge < -0.3 is 15.3 Å². The normalized spacial score (nSPS) is 16.5. The third kappa shape index (κ3) is 5.41. The molecule has 6 nitrogen and oxygen atoms in total. The van der Waals surface area contributed by atoms with Gasteiger partial charge in [-0.1, -0.05) is 42.5 Å². The van der Waals surface area contributed by atoms with Crippen LogP contribution >= 0.6 is 0 Å². The van der Waals surface area contributed by atoms with E-state index in [1.54, 1.807) is 0 Å². The fourth-order valence-corrected chi connectivity index (χ4v) is 3.51. The van der Waals surface area contributed by atoms with Crippen molar-refractivity contribution in [3.05, 3.63) is 65.7 Å². The number of aryl methyl sites for hydroxylation is 1. The van der Waals surface area contributed by atoms with Crippen LogP contribution in [0.15, 0.2) is 54.6 Å². The molecule has 1 heterocycles. The fourth-order valence-electron chi connectivity index (χ4n) is 3.51. The second-order valence-electron chi connectivity index (χ2n) is 7.24. The summed E-state index contributed by atoms with van der Waals surface area (Å²) in [4.78, 5) is 28.5. The summed E-state index contributed by atoms with van der Waals surface area (Å²) in [6.45, 7) is 3.53. The highest BCUT2D eigenvalue weighted by molar-refractivity contribution is 5.95. The Hall–Kier alpha value is -2.70. The van der Waals surface area contributed by atoms with Crippen LogP contribution in [-0.4, -0.2) is 60.0 Å². The highest BCUT2D eigenvalue weighted by atomic mass is 16.4. The molecular weight excluding hydrogens is 354 g/mol. The summed E-state index contributed by atoms with van der Waals surface area (Å²) in [6, 6.07) is 16.9. The van der Waals surface area contributed by atoms with Crippen LogP contribution in [0.25, 0.3) is 0 Å². The van der Waals surface area contributed by atoms with Gasteiger partial charge in [0.2, 0.25) is 5.91 Å². The predicted octanol–water partition coefficient (Wildman–Crippen LogP) is 2.63. The number of likely N-dealkylation sites (N-methyl/N-ethyl adjacent to an activating group) is 1. The van der Waals surface area contributed by atoms with E-state index in [-0.39, 0.29) is 18.4 Å². The number of nitrogens with zero attached hydrogens (tertiary/aromatic N) is 2.